The molecule has 2 aromatic rings. The van der Waals surface area contributed by atoms with Gasteiger partial charge in [0.05, 0.1) is 12.8 Å². The van der Waals surface area contributed by atoms with E-state index in [1.54, 1.807) is 0 Å². The summed E-state index contributed by atoms with van der Waals surface area (Å²) in [6.45, 7) is 3.81. The summed E-state index contributed by atoms with van der Waals surface area (Å²) in [4.78, 5) is 0. The van der Waals surface area contributed by atoms with Crippen LogP contribution in [0.5, 0.6) is 5.75 Å². The molecule has 1 aliphatic rings. The van der Waals surface area contributed by atoms with Crippen molar-refractivity contribution in [3.63, 3.8) is 0 Å². The first kappa shape index (κ1) is 14.1. The highest BCUT2D eigenvalue weighted by Gasteiger charge is 2.26. The van der Waals surface area contributed by atoms with Crippen molar-refractivity contribution in [2.45, 2.75) is 32.4 Å². The van der Waals surface area contributed by atoms with Crippen molar-refractivity contribution in [1.82, 2.24) is 15.1 Å². The van der Waals surface area contributed by atoms with E-state index in [9.17, 15) is 0 Å². The van der Waals surface area contributed by atoms with Crippen LogP contribution < -0.4 is 10.1 Å². The minimum absolute atomic E-state index is 0.410. The highest BCUT2D eigenvalue weighted by Crippen LogP contribution is 2.29. The zero-order valence-corrected chi connectivity index (χ0v) is 12.7. The summed E-state index contributed by atoms with van der Waals surface area (Å²) in [5, 5.41) is 7.82. The Balaban J connectivity index is 1.69. The third-order valence-corrected chi connectivity index (χ3v) is 4.31. The van der Waals surface area contributed by atoms with Crippen LogP contribution in [-0.2, 0) is 19.4 Å². The van der Waals surface area contributed by atoms with Gasteiger partial charge in [-0.25, -0.2) is 0 Å². The first-order valence-corrected chi connectivity index (χ1v) is 7.69. The fourth-order valence-corrected chi connectivity index (χ4v) is 3.05. The first-order valence-electron chi connectivity index (χ1n) is 7.69. The summed E-state index contributed by atoms with van der Waals surface area (Å²) in [6, 6.07) is 8.76. The number of likely N-dealkylation sites (N-methyl/N-ethyl adjacent to an activating group) is 1. The third kappa shape index (κ3) is 3.10. The van der Waals surface area contributed by atoms with Gasteiger partial charge in [-0.2, -0.15) is 5.10 Å². The van der Waals surface area contributed by atoms with Gasteiger partial charge in [-0.3, -0.25) is 4.68 Å². The maximum Gasteiger partial charge on any atom is 0.122 e. The van der Waals surface area contributed by atoms with Crippen LogP contribution in [0, 0.1) is 5.92 Å². The smallest absolute Gasteiger partial charge is 0.122 e. The number of aromatic nitrogens is 2. The Morgan fingerprint density at radius 3 is 3.05 bits per heavy atom. The lowest BCUT2D eigenvalue weighted by molar-refractivity contribution is 0.187. The van der Waals surface area contributed by atoms with Crippen LogP contribution in [0.2, 0.25) is 0 Å². The van der Waals surface area contributed by atoms with Crippen molar-refractivity contribution in [2.24, 2.45) is 5.92 Å². The molecule has 1 N–H and O–H groups in total. The maximum absolute atomic E-state index is 5.92. The largest absolute Gasteiger partial charge is 0.493 e. The molecule has 112 valence electrons. The van der Waals surface area contributed by atoms with E-state index in [2.05, 4.69) is 41.7 Å². The van der Waals surface area contributed by atoms with Gasteiger partial charge in [-0.1, -0.05) is 18.2 Å². The summed E-state index contributed by atoms with van der Waals surface area (Å²) in [5.41, 5.74) is 2.60. The highest BCUT2D eigenvalue weighted by atomic mass is 16.5. The Morgan fingerprint density at radius 1 is 1.43 bits per heavy atom. The van der Waals surface area contributed by atoms with Gasteiger partial charge in [0.2, 0.25) is 0 Å². The van der Waals surface area contributed by atoms with Crippen LogP contribution in [0.4, 0.5) is 0 Å². The summed E-state index contributed by atoms with van der Waals surface area (Å²) < 4.78 is 7.90. The molecule has 0 saturated heterocycles. The number of aryl methyl sites for hydroxylation is 1. The monoisotopic (exact) mass is 285 g/mol. The van der Waals surface area contributed by atoms with Crippen LogP contribution in [0.3, 0.4) is 0 Å². The summed E-state index contributed by atoms with van der Waals surface area (Å²) >= 11 is 0. The molecule has 0 spiro atoms. The third-order valence-electron chi connectivity index (χ3n) is 4.31. The Kier molecular flexibility index (Phi) is 4.25. The number of ether oxygens (including phenoxy) is 1. The fraction of sp³-hybridized carbons (Fsp3) is 0.471. The molecule has 0 aliphatic carbocycles. The van der Waals surface area contributed by atoms with Gasteiger partial charge in [0.15, 0.2) is 0 Å². The van der Waals surface area contributed by atoms with Crippen LogP contribution in [0.15, 0.2) is 36.7 Å². The molecule has 0 radical (unpaired) electrons. The molecule has 2 heterocycles. The molecule has 4 nitrogen and oxygen atoms in total. The second-order valence-electron chi connectivity index (χ2n) is 5.69. The standard InChI is InChI=1S/C17H23N3O/c1-3-20-11-13(10-19-20)8-16(18-2)15-9-14-6-4-5-7-17(14)21-12-15/h4-7,10-11,15-16,18H,3,8-9,12H2,1-2H3. The maximum atomic E-state index is 5.92. The number of hydrogen-bond donors (Lipinski definition) is 1. The van der Waals surface area contributed by atoms with Gasteiger partial charge in [-0.15, -0.1) is 0 Å². The molecule has 2 atom stereocenters. The van der Waals surface area contributed by atoms with Crippen molar-refractivity contribution < 1.29 is 4.74 Å². The Hall–Kier alpha value is -1.81. The van der Waals surface area contributed by atoms with Crippen LogP contribution in [0.1, 0.15) is 18.1 Å². The van der Waals surface area contributed by atoms with Gasteiger partial charge < -0.3 is 10.1 Å². The van der Waals surface area contributed by atoms with Crippen LogP contribution in [-0.4, -0.2) is 29.5 Å². The molecule has 1 aromatic carbocycles. The van der Waals surface area contributed by atoms with E-state index >= 15 is 0 Å². The van der Waals surface area contributed by atoms with Gasteiger partial charge in [-0.05, 0) is 44.0 Å². The molecular weight excluding hydrogens is 262 g/mol. The van der Waals surface area contributed by atoms with Crippen molar-refractivity contribution in [3.05, 3.63) is 47.8 Å². The van der Waals surface area contributed by atoms with Crippen molar-refractivity contribution in [3.8, 4) is 5.75 Å². The number of rotatable bonds is 5. The van der Waals surface area contributed by atoms with E-state index in [1.807, 2.05) is 24.0 Å². The average molecular weight is 285 g/mol. The molecule has 4 heteroatoms. The van der Waals surface area contributed by atoms with Gasteiger partial charge in [0, 0.05) is 24.7 Å². The lowest BCUT2D eigenvalue weighted by Gasteiger charge is -2.31. The SMILES string of the molecule is CCn1cc(CC(NC)C2COc3ccccc3C2)cn1. The molecule has 21 heavy (non-hydrogen) atoms. The fourth-order valence-electron chi connectivity index (χ4n) is 3.05. The van der Waals surface area contributed by atoms with E-state index < -0.39 is 0 Å². The van der Waals surface area contributed by atoms with E-state index in [-0.39, 0.29) is 0 Å². The highest BCUT2D eigenvalue weighted by molar-refractivity contribution is 5.35. The molecule has 0 amide bonds. The molecule has 2 unspecified atom stereocenters. The Morgan fingerprint density at radius 2 is 2.29 bits per heavy atom. The second kappa shape index (κ2) is 6.31. The number of nitrogens with zero attached hydrogens (tertiary/aromatic N) is 2. The predicted octanol–water partition coefficient (Wildman–Crippen LogP) is 2.28. The number of benzene rings is 1. The Bertz CT molecular complexity index is 593. The molecule has 0 bridgehead atoms. The van der Waals surface area contributed by atoms with E-state index in [1.165, 1.54) is 11.1 Å². The summed E-state index contributed by atoms with van der Waals surface area (Å²) in [5.74, 6) is 1.54. The second-order valence-corrected chi connectivity index (χ2v) is 5.69. The van der Waals surface area contributed by atoms with E-state index in [0.717, 1.165) is 31.7 Å². The summed E-state index contributed by atoms with van der Waals surface area (Å²) in [7, 11) is 2.04. The molecule has 0 fully saturated rings. The lowest BCUT2D eigenvalue weighted by atomic mass is 9.87. The summed E-state index contributed by atoms with van der Waals surface area (Å²) in [6.07, 6.45) is 6.18. The topological polar surface area (TPSA) is 39.1 Å². The molecule has 1 aliphatic heterocycles. The molecule has 1 aromatic heterocycles. The average Bonchev–Trinajstić information content (AvgIpc) is 3.00. The van der Waals surface area contributed by atoms with Gasteiger partial charge in [0.1, 0.15) is 5.75 Å². The minimum Gasteiger partial charge on any atom is -0.493 e. The number of para-hydroxylation sites is 1. The van der Waals surface area contributed by atoms with E-state index in [0.29, 0.717) is 12.0 Å². The normalized spacial score (nSPS) is 18.9. The van der Waals surface area contributed by atoms with Crippen molar-refractivity contribution >= 4 is 0 Å². The first-order chi connectivity index (χ1) is 10.3. The van der Waals surface area contributed by atoms with Crippen LogP contribution >= 0.6 is 0 Å². The predicted molar refractivity (Wildman–Crippen MR) is 83.6 cm³/mol. The number of fused-ring (bicyclic) bond motifs is 1. The zero-order chi connectivity index (χ0) is 14.7. The Labute approximate surface area is 126 Å². The molecule has 0 saturated carbocycles. The molecule has 3 rings (SSSR count). The zero-order valence-electron chi connectivity index (χ0n) is 12.7. The van der Waals surface area contributed by atoms with Crippen molar-refractivity contribution in [2.75, 3.05) is 13.7 Å². The van der Waals surface area contributed by atoms with E-state index in [4.69, 9.17) is 4.74 Å². The lowest BCUT2D eigenvalue weighted by Crippen LogP contribution is -2.41. The molecular formula is C17H23N3O. The van der Waals surface area contributed by atoms with Crippen molar-refractivity contribution in [1.29, 1.82) is 0 Å². The minimum atomic E-state index is 0.410. The number of nitrogens with one attached hydrogen (secondary N) is 1. The quantitative estimate of drug-likeness (QED) is 0.916. The van der Waals surface area contributed by atoms with Gasteiger partial charge in [0.25, 0.3) is 0 Å². The van der Waals surface area contributed by atoms with Gasteiger partial charge >= 0.3 is 0 Å². The van der Waals surface area contributed by atoms with Crippen LogP contribution in [0.25, 0.3) is 0 Å². The number of hydrogen-bond acceptors (Lipinski definition) is 3.